The van der Waals surface area contributed by atoms with Crippen molar-refractivity contribution in [1.82, 2.24) is 10.2 Å². The molecule has 3 heterocycles. The summed E-state index contributed by atoms with van der Waals surface area (Å²) in [5.74, 6) is -1.08. The van der Waals surface area contributed by atoms with E-state index < -0.39 is 17.1 Å². The van der Waals surface area contributed by atoms with Crippen molar-refractivity contribution < 1.29 is 9.47 Å². The van der Waals surface area contributed by atoms with E-state index in [2.05, 4.69) is 22.4 Å². The fraction of sp³-hybridized carbons (Fsp3) is 0.412. The van der Waals surface area contributed by atoms with Gasteiger partial charge in [0.25, 0.3) is 0 Å². The average Bonchev–Trinajstić information content (AvgIpc) is 3.43. The minimum absolute atomic E-state index is 0.00599. The maximum absolute atomic E-state index is 9.98. The van der Waals surface area contributed by atoms with Gasteiger partial charge in [0.1, 0.15) is 46.8 Å². The number of hydrogen-bond acceptors (Lipinski definition) is 10. The second-order valence-corrected chi connectivity index (χ2v) is 11.7. The molecule has 10 nitrogen and oxygen atoms in total. The van der Waals surface area contributed by atoms with Crippen LogP contribution in [0.1, 0.15) is 47.0 Å². The van der Waals surface area contributed by atoms with Crippen LogP contribution in [0.2, 0.25) is 0 Å². The van der Waals surface area contributed by atoms with E-state index in [4.69, 9.17) is 9.47 Å². The topological polar surface area (TPSA) is 176 Å². The molecule has 0 atom stereocenters. The minimum atomic E-state index is -1.17. The van der Waals surface area contributed by atoms with Gasteiger partial charge in [-0.05, 0) is 58.1 Å². The van der Waals surface area contributed by atoms with Gasteiger partial charge >= 0.3 is 0 Å². The van der Waals surface area contributed by atoms with Gasteiger partial charge in [0.2, 0.25) is 0 Å². The van der Waals surface area contributed by atoms with Crippen molar-refractivity contribution in [3.63, 3.8) is 0 Å². The lowest BCUT2D eigenvalue weighted by atomic mass is 9.87. The first-order chi connectivity index (χ1) is 21.1. The second-order valence-electron chi connectivity index (χ2n) is 11.7. The smallest absolute Gasteiger partial charge is 0.191 e. The van der Waals surface area contributed by atoms with E-state index in [1.54, 1.807) is 13.8 Å². The van der Waals surface area contributed by atoms with Crippen LogP contribution in [-0.2, 0) is 9.47 Å². The molecule has 0 saturated carbocycles. The van der Waals surface area contributed by atoms with Crippen LogP contribution in [0.4, 0.5) is 0 Å². The van der Waals surface area contributed by atoms with Crippen LogP contribution in [0.5, 0.6) is 0 Å². The summed E-state index contributed by atoms with van der Waals surface area (Å²) in [6.45, 7) is 10.5. The van der Waals surface area contributed by atoms with E-state index in [0.717, 1.165) is 62.3 Å². The maximum atomic E-state index is 9.98. The fourth-order valence-electron chi connectivity index (χ4n) is 5.94. The van der Waals surface area contributed by atoms with Crippen LogP contribution >= 0.6 is 0 Å². The first-order valence-electron chi connectivity index (χ1n) is 14.4. The SMILES string of the molecule is CC1(C)OC(C(C#N)C#N)=C(C#N)C1=CC=C1CCCC(C=CC2=C(C#N)C(=C(C#N)C#N)OC2(C)C)=C1N1CCNCC1. The molecule has 4 rings (SSSR count). The zero-order chi connectivity index (χ0) is 32.1. The molecule has 0 amide bonds. The summed E-state index contributed by atoms with van der Waals surface area (Å²) in [4.78, 5) is 2.34. The molecule has 0 unspecified atom stereocenters. The average molecular weight is 585 g/mol. The summed E-state index contributed by atoms with van der Waals surface area (Å²) in [6.07, 6.45) is 10.2. The van der Waals surface area contributed by atoms with Crippen LogP contribution in [0.3, 0.4) is 0 Å². The number of piperazine rings is 1. The van der Waals surface area contributed by atoms with Crippen molar-refractivity contribution in [1.29, 1.82) is 31.6 Å². The highest BCUT2D eigenvalue weighted by molar-refractivity contribution is 5.61. The molecule has 1 saturated heterocycles. The van der Waals surface area contributed by atoms with E-state index >= 15 is 0 Å². The lowest BCUT2D eigenvalue weighted by Crippen LogP contribution is -2.43. The minimum Gasteiger partial charge on any atom is -0.484 e. The first kappa shape index (κ1) is 31.4. The summed E-state index contributed by atoms with van der Waals surface area (Å²) >= 11 is 0. The van der Waals surface area contributed by atoms with Crippen LogP contribution in [0, 0.1) is 73.9 Å². The molecule has 10 heteroatoms. The Morgan fingerprint density at radius 2 is 1.50 bits per heavy atom. The van der Waals surface area contributed by atoms with Gasteiger partial charge < -0.3 is 19.7 Å². The van der Waals surface area contributed by atoms with E-state index in [-0.39, 0.29) is 28.2 Å². The molecule has 0 radical (unpaired) electrons. The Balaban J connectivity index is 1.86. The third kappa shape index (κ3) is 5.87. The zero-order valence-electron chi connectivity index (χ0n) is 25.3. The first-order valence-corrected chi connectivity index (χ1v) is 14.4. The number of nitrogens with zero attached hydrogens (tertiary/aromatic N) is 7. The van der Waals surface area contributed by atoms with Crippen LogP contribution in [0.25, 0.3) is 0 Å². The highest BCUT2D eigenvalue weighted by Gasteiger charge is 2.41. The van der Waals surface area contributed by atoms with E-state index in [9.17, 15) is 31.6 Å². The molecule has 1 fully saturated rings. The Labute approximate surface area is 258 Å². The van der Waals surface area contributed by atoms with Gasteiger partial charge in [-0.15, -0.1) is 0 Å². The molecule has 0 aromatic carbocycles. The summed E-state index contributed by atoms with van der Waals surface area (Å²) in [5, 5.41) is 61.1. The number of allylic oxidation sites excluding steroid dienone is 8. The molecular weight excluding hydrogens is 552 g/mol. The van der Waals surface area contributed by atoms with Crippen molar-refractivity contribution >= 4 is 0 Å². The summed E-state index contributed by atoms with van der Waals surface area (Å²) in [5.41, 5.74) is 2.77. The molecule has 0 bridgehead atoms. The zero-order valence-corrected chi connectivity index (χ0v) is 25.3. The van der Waals surface area contributed by atoms with Crippen LogP contribution in [-0.4, -0.2) is 42.3 Å². The summed E-state index contributed by atoms with van der Waals surface area (Å²) < 4.78 is 11.9. The Bertz CT molecular complexity index is 1700. The lowest BCUT2D eigenvalue weighted by molar-refractivity contribution is 0.0805. The van der Waals surface area contributed by atoms with Gasteiger partial charge in [-0.3, -0.25) is 0 Å². The highest BCUT2D eigenvalue weighted by Crippen LogP contribution is 2.43. The molecule has 1 aliphatic carbocycles. The molecule has 0 aromatic heterocycles. The molecule has 220 valence electrons. The molecule has 44 heavy (non-hydrogen) atoms. The standard InChI is InChI=1S/C34H32N8O2/c1-33(2)28(26(20-39)31(43-33)24(16-35)17-36)10-8-22-6-5-7-23(30(22)42-14-12-41-13-15-42)9-11-29-27(21-40)32(25(18-37)19-38)44-34(29,3)4/h8-11,24,41H,5-7,12-15H2,1-4H3. The molecule has 0 aromatic rings. The number of hydrogen-bond donors (Lipinski definition) is 1. The van der Waals surface area contributed by atoms with Crippen molar-refractivity contribution in [3.05, 3.63) is 80.5 Å². The Morgan fingerprint density at radius 3 is 2.09 bits per heavy atom. The van der Waals surface area contributed by atoms with Gasteiger partial charge in [-0.1, -0.05) is 24.3 Å². The van der Waals surface area contributed by atoms with Crippen LogP contribution < -0.4 is 5.32 Å². The summed E-state index contributed by atoms with van der Waals surface area (Å²) in [7, 11) is 0. The Morgan fingerprint density at radius 1 is 0.841 bits per heavy atom. The maximum Gasteiger partial charge on any atom is 0.191 e. The molecule has 3 aliphatic heterocycles. The largest absolute Gasteiger partial charge is 0.484 e. The van der Waals surface area contributed by atoms with Crippen molar-refractivity contribution in [2.45, 2.75) is 58.2 Å². The third-order valence-corrected chi connectivity index (χ3v) is 8.06. The molecular formula is C34H32N8O2. The Kier molecular flexibility index (Phi) is 9.12. The number of rotatable bonds is 5. The summed E-state index contributed by atoms with van der Waals surface area (Å²) in [6, 6.07) is 11.8. The normalized spacial score (nSPS) is 22.7. The van der Waals surface area contributed by atoms with E-state index in [1.165, 1.54) is 0 Å². The number of nitriles is 6. The predicted octanol–water partition coefficient (Wildman–Crippen LogP) is 4.92. The Hall–Kier alpha value is -5.52. The predicted molar refractivity (Wildman–Crippen MR) is 159 cm³/mol. The van der Waals surface area contributed by atoms with Gasteiger partial charge in [-0.2, -0.15) is 31.6 Å². The van der Waals surface area contributed by atoms with Gasteiger partial charge in [-0.25, -0.2) is 0 Å². The second kappa shape index (κ2) is 12.8. The van der Waals surface area contributed by atoms with Gasteiger partial charge in [0.15, 0.2) is 17.3 Å². The molecule has 0 spiro atoms. The highest BCUT2D eigenvalue weighted by atomic mass is 16.5. The van der Waals surface area contributed by atoms with Gasteiger partial charge in [0, 0.05) is 43.0 Å². The van der Waals surface area contributed by atoms with Crippen molar-refractivity contribution in [2.24, 2.45) is 5.92 Å². The van der Waals surface area contributed by atoms with E-state index in [0.29, 0.717) is 11.1 Å². The van der Waals surface area contributed by atoms with E-state index in [1.807, 2.05) is 62.4 Å². The molecule has 1 N–H and O–H groups in total. The number of nitrogens with one attached hydrogen (secondary N) is 1. The van der Waals surface area contributed by atoms with Crippen LogP contribution in [0.15, 0.2) is 80.5 Å². The van der Waals surface area contributed by atoms with Crippen molar-refractivity contribution in [3.8, 4) is 36.4 Å². The van der Waals surface area contributed by atoms with Gasteiger partial charge in [0.05, 0.1) is 17.7 Å². The lowest BCUT2D eigenvalue weighted by Gasteiger charge is -2.36. The monoisotopic (exact) mass is 584 g/mol. The number of ether oxygens (including phenoxy) is 2. The quantitative estimate of drug-likeness (QED) is 0.436. The van der Waals surface area contributed by atoms with Crippen molar-refractivity contribution in [2.75, 3.05) is 26.2 Å². The third-order valence-electron chi connectivity index (χ3n) is 8.06. The molecule has 4 aliphatic rings. The fourth-order valence-corrected chi connectivity index (χ4v) is 5.94.